The minimum Gasteiger partial charge on any atom is -0.493 e. The van der Waals surface area contributed by atoms with Gasteiger partial charge in [-0.15, -0.1) is 0 Å². The van der Waals surface area contributed by atoms with Crippen molar-refractivity contribution in [3.63, 3.8) is 0 Å². The van der Waals surface area contributed by atoms with Gasteiger partial charge >= 0.3 is 0 Å². The summed E-state index contributed by atoms with van der Waals surface area (Å²) in [7, 11) is 0. The van der Waals surface area contributed by atoms with Gasteiger partial charge in [0.2, 0.25) is 0 Å². The van der Waals surface area contributed by atoms with Crippen LogP contribution in [0.3, 0.4) is 0 Å². The Bertz CT molecular complexity index is 360. The molecule has 1 rings (SSSR count). The summed E-state index contributed by atoms with van der Waals surface area (Å²) in [5.41, 5.74) is -0.197. The maximum atomic E-state index is 10.7. The standard InChI is InChI=1S/C14H20O3/c1-11(15)9-10-16-12-5-7-13(8-6-12)17-14(2,3)4/h5-8H,9-10H2,1-4H3. The van der Waals surface area contributed by atoms with Crippen LogP contribution >= 0.6 is 0 Å². The lowest BCUT2D eigenvalue weighted by molar-refractivity contribution is -0.117. The molecule has 0 atom stereocenters. The first-order valence-electron chi connectivity index (χ1n) is 5.78. The number of hydrogen-bond donors (Lipinski definition) is 0. The van der Waals surface area contributed by atoms with Gasteiger partial charge in [0, 0.05) is 6.42 Å². The molecule has 0 unspecified atom stereocenters. The zero-order valence-electron chi connectivity index (χ0n) is 10.9. The Labute approximate surface area is 103 Å². The van der Waals surface area contributed by atoms with Gasteiger partial charge in [0.25, 0.3) is 0 Å². The maximum absolute atomic E-state index is 10.7. The average molecular weight is 236 g/mol. The zero-order chi connectivity index (χ0) is 12.9. The van der Waals surface area contributed by atoms with Gasteiger partial charge < -0.3 is 9.47 Å². The van der Waals surface area contributed by atoms with E-state index in [4.69, 9.17) is 9.47 Å². The van der Waals surface area contributed by atoms with Gasteiger partial charge in [0.1, 0.15) is 22.9 Å². The van der Waals surface area contributed by atoms with Gasteiger partial charge in [-0.1, -0.05) is 0 Å². The van der Waals surface area contributed by atoms with Gasteiger partial charge in [-0.25, -0.2) is 0 Å². The van der Waals surface area contributed by atoms with E-state index < -0.39 is 0 Å². The van der Waals surface area contributed by atoms with Crippen LogP contribution in [0.5, 0.6) is 11.5 Å². The van der Waals surface area contributed by atoms with E-state index in [-0.39, 0.29) is 11.4 Å². The summed E-state index contributed by atoms with van der Waals surface area (Å²) in [6, 6.07) is 7.44. The predicted molar refractivity (Wildman–Crippen MR) is 67.6 cm³/mol. The van der Waals surface area contributed by atoms with E-state index in [9.17, 15) is 4.79 Å². The van der Waals surface area contributed by atoms with Crippen LogP contribution in [0.1, 0.15) is 34.1 Å². The molecule has 0 aromatic heterocycles. The van der Waals surface area contributed by atoms with Crippen molar-refractivity contribution >= 4 is 5.78 Å². The summed E-state index contributed by atoms with van der Waals surface area (Å²) in [6.07, 6.45) is 0.445. The molecular weight excluding hydrogens is 216 g/mol. The van der Waals surface area contributed by atoms with Gasteiger partial charge in [-0.2, -0.15) is 0 Å². The Morgan fingerprint density at radius 2 is 1.65 bits per heavy atom. The molecule has 0 bridgehead atoms. The smallest absolute Gasteiger partial charge is 0.133 e. The third-order valence-electron chi connectivity index (χ3n) is 1.97. The van der Waals surface area contributed by atoms with Crippen molar-refractivity contribution < 1.29 is 14.3 Å². The molecule has 94 valence electrons. The largest absolute Gasteiger partial charge is 0.493 e. The summed E-state index contributed by atoms with van der Waals surface area (Å²) in [5.74, 6) is 1.71. The van der Waals surface area contributed by atoms with E-state index in [0.29, 0.717) is 13.0 Å². The summed E-state index contributed by atoms with van der Waals surface area (Å²) in [6.45, 7) is 8.00. The van der Waals surface area contributed by atoms with E-state index in [1.807, 2.05) is 45.0 Å². The molecule has 0 saturated heterocycles. The molecule has 1 aromatic carbocycles. The number of rotatable bonds is 5. The summed E-state index contributed by atoms with van der Waals surface area (Å²) < 4.78 is 11.1. The van der Waals surface area contributed by atoms with Crippen LogP contribution in [0.2, 0.25) is 0 Å². The van der Waals surface area contributed by atoms with Crippen molar-refractivity contribution in [1.29, 1.82) is 0 Å². The summed E-state index contributed by atoms with van der Waals surface area (Å²) in [5, 5.41) is 0. The molecule has 3 heteroatoms. The predicted octanol–water partition coefficient (Wildman–Crippen LogP) is 3.22. The van der Waals surface area contributed by atoms with Crippen molar-refractivity contribution in [3.8, 4) is 11.5 Å². The Hall–Kier alpha value is -1.51. The number of carbonyl (C=O) groups excluding carboxylic acids is 1. The number of hydrogen-bond acceptors (Lipinski definition) is 3. The monoisotopic (exact) mass is 236 g/mol. The van der Waals surface area contributed by atoms with Crippen LogP contribution in [0, 0.1) is 0 Å². The molecule has 0 aliphatic carbocycles. The molecule has 0 amide bonds. The molecule has 3 nitrogen and oxygen atoms in total. The quantitative estimate of drug-likeness (QED) is 0.787. The maximum Gasteiger partial charge on any atom is 0.133 e. The fourth-order valence-electron chi connectivity index (χ4n) is 1.27. The third-order valence-corrected chi connectivity index (χ3v) is 1.97. The van der Waals surface area contributed by atoms with Crippen LogP contribution in [-0.2, 0) is 4.79 Å². The molecule has 1 aromatic rings. The average Bonchev–Trinajstić information content (AvgIpc) is 2.18. The van der Waals surface area contributed by atoms with Crippen molar-refractivity contribution in [1.82, 2.24) is 0 Å². The molecule has 0 aliphatic heterocycles. The van der Waals surface area contributed by atoms with Gasteiger partial charge in [-0.05, 0) is 52.0 Å². The highest BCUT2D eigenvalue weighted by Crippen LogP contribution is 2.21. The molecule has 17 heavy (non-hydrogen) atoms. The zero-order valence-corrected chi connectivity index (χ0v) is 10.9. The highest BCUT2D eigenvalue weighted by Gasteiger charge is 2.11. The molecule has 0 radical (unpaired) electrons. The Morgan fingerprint density at radius 1 is 1.12 bits per heavy atom. The van der Waals surface area contributed by atoms with Gasteiger partial charge in [0.15, 0.2) is 0 Å². The van der Waals surface area contributed by atoms with Crippen molar-refractivity contribution in [3.05, 3.63) is 24.3 Å². The lowest BCUT2D eigenvalue weighted by Gasteiger charge is -2.21. The van der Waals surface area contributed by atoms with E-state index in [0.717, 1.165) is 11.5 Å². The Balaban J connectivity index is 2.47. The number of carbonyl (C=O) groups is 1. The number of benzene rings is 1. The van der Waals surface area contributed by atoms with Crippen LogP contribution in [0.15, 0.2) is 24.3 Å². The van der Waals surface area contributed by atoms with Crippen molar-refractivity contribution in [2.75, 3.05) is 6.61 Å². The summed E-state index contributed by atoms with van der Waals surface area (Å²) >= 11 is 0. The first-order chi connectivity index (χ1) is 7.87. The molecule has 0 aliphatic rings. The Morgan fingerprint density at radius 3 is 2.12 bits per heavy atom. The summed E-state index contributed by atoms with van der Waals surface area (Å²) in [4.78, 5) is 10.7. The second-order valence-corrected chi connectivity index (χ2v) is 4.99. The minimum absolute atomic E-state index is 0.137. The van der Waals surface area contributed by atoms with E-state index in [1.54, 1.807) is 6.92 Å². The van der Waals surface area contributed by atoms with Crippen molar-refractivity contribution in [2.24, 2.45) is 0 Å². The van der Waals surface area contributed by atoms with E-state index in [1.165, 1.54) is 0 Å². The molecule has 0 N–H and O–H groups in total. The highest BCUT2D eigenvalue weighted by atomic mass is 16.5. The third kappa shape index (κ3) is 5.95. The van der Waals surface area contributed by atoms with Crippen LogP contribution < -0.4 is 9.47 Å². The van der Waals surface area contributed by atoms with E-state index in [2.05, 4.69) is 0 Å². The second kappa shape index (κ2) is 5.71. The van der Waals surface area contributed by atoms with Crippen LogP contribution in [0.4, 0.5) is 0 Å². The van der Waals surface area contributed by atoms with Crippen molar-refractivity contribution in [2.45, 2.75) is 39.7 Å². The topological polar surface area (TPSA) is 35.5 Å². The molecular formula is C14H20O3. The first kappa shape index (κ1) is 13.6. The molecule has 0 saturated carbocycles. The number of Topliss-reactive ketones (excluding diaryl/α,β-unsaturated/α-hetero) is 1. The highest BCUT2D eigenvalue weighted by molar-refractivity contribution is 5.75. The first-order valence-corrected chi connectivity index (χ1v) is 5.78. The van der Waals surface area contributed by atoms with Crippen LogP contribution in [-0.4, -0.2) is 18.0 Å². The van der Waals surface area contributed by atoms with Crippen LogP contribution in [0.25, 0.3) is 0 Å². The normalized spacial score (nSPS) is 11.1. The fraction of sp³-hybridized carbons (Fsp3) is 0.500. The molecule has 0 heterocycles. The van der Waals surface area contributed by atoms with Gasteiger partial charge in [0.05, 0.1) is 6.61 Å². The fourth-order valence-corrected chi connectivity index (χ4v) is 1.27. The SMILES string of the molecule is CC(=O)CCOc1ccc(OC(C)(C)C)cc1. The van der Waals surface area contributed by atoms with Gasteiger partial charge in [-0.3, -0.25) is 4.79 Å². The lowest BCUT2D eigenvalue weighted by Crippen LogP contribution is -2.22. The minimum atomic E-state index is -0.197. The number of ether oxygens (including phenoxy) is 2. The Kier molecular flexibility index (Phi) is 4.55. The number of ketones is 1. The second-order valence-electron chi connectivity index (χ2n) is 4.99. The lowest BCUT2D eigenvalue weighted by atomic mass is 10.2. The van der Waals surface area contributed by atoms with E-state index >= 15 is 0 Å². The molecule has 0 spiro atoms. The molecule has 0 fully saturated rings.